The summed E-state index contributed by atoms with van der Waals surface area (Å²) in [5.74, 6) is 0.797. The van der Waals surface area contributed by atoms with Crippen molar-refractivity contribution in [2.24, 2.45) is 0 Å². The second kappa shape index (κ2) is 4.49. The summed E-state index contributed by atoms with van der Waals surface area (Å²) in [7, 11) is 0. The highest BCUT2D eigenvalue weighted by Crippen LogP contribution is 2.24. The molecule has 0 saturated heterocycles. The van der Waals surface area contributed by atoms with Gasteiger partial charge in [0.05, 0.1) is 6.20 Å². The van der Waals surface area contributed by atoms with Gasteiger partial charge in [-0.1, -0.05) is 54.1 Å². The van der Waals surface area contributed by atoms with Crippen molar-refractivity contribution < 1.29 is 4.42 Å². The third kappa shape index (κ3) is 2.05. The fourth-order valence-electron chi connectivity index (χ4n) is 1.93. The quantitative estimate of drug-likeness (QED) is 0.661. The summed E-state index contributed by atoms with van der Waals surface area (Å²) in [6.45, 7) is 2.09. The van der Waals surface area contributed by atoms with Crippen molar-refractivity contribution in [1.82, 2.24) is 4.98 Å². The molecular weight excluding hydrogens is 222 g/mol. The molecule has 0 N–H and O–H groups in total. The zero-order valence-electron chi connectivity index (χ0n) is 10.1. The monoisotopic (exact) mass is 235 g/mol. The van der Waals surface area contributed by atoms with Gasteiger partial charge in [-0.05, 0) is 18.1 Å². The van der Waals surface area contributed by atoms with Crippen molar-refractivity contribution >= 4 is 0 Å². The number of nitrogens with zero attached hydrogens (tertiary/aromatic N) is 1. The summed E-state index contributed by atoms with van der Waals surface area (Å²) in [5.41, 5.74) is 4.75. The molecule has 0 amide bonds. The van der Waals surface area contributed by atoms with Crippen LogP contribution >= 0.6 is 0 Å². The van der Waals surface area contributed by atoms with Crippen molar-refractivity contribution in [2.75, 3.05) is 0 Å². The molecule has 0 aliphatic carbocycles. The smallest absolute Gasteiger partial charge is 0.181 e. The normalized spacial score (nSPS) is 10.5. The summed E-state index contributed by atoms with van der Waals surface area (Å²) in [5, 5.41) is 0. The Morgan fingerprint density at radius 1 is 0.778 bits per heavy atom. The van der Waals surface area contributed by atoms with Crippen molar-refractivity contribution in [1.29, 1.82) is 0 Å². The Balaban J connectivity index is 1.94. The molecule has 18 heavy (non-hydrogen) atoms. The van der Waals surface area contributed by atoms with E-state index in [1.165, 1.54) is 23.1 Å². The van der Waals surface area contributed by atoms with Gasteiger partial charge in [0.15, 0.2) is 12.2 Å². The molecule has 1 aromatic heterocycles. The van der Waals surface area contributed by atoms with Gasteiger partial charge in [-0.3, -0.25) is 0 Å². The Hall–Kier alpha value is -2.35. The number of rotatable bonds is 2. The number of hydrogen-bond acceptors (Lipinski definition) is 2. The fraction of sp³-hybridized carbons (Fsp3) is 0.0625. The van der Waals surface area contributed by atoms with Crippen LogP contribution in [-0.4, -0.2) is 4.98 Å². The van der Waals surface area contributed by atoms with E-state index in [1.54, 1.807) is 6.20 Å². The SMILES string of the molecule is Cc1ccc(-c2ccc(-c3cnco3)cc2)cc1. The van der Waals surface area contributed by atoms with Gasteiger partial charge in [0.25, 0.3) is 0 Å². The maximum atomic E-state index is 5.27. The molecule has 1 heterocycles. The Labute approximate surface area is 106 Å². The fourth-order valence-corrected chi connectivity index (χ4v) is 1.93. The van der Waals surface area contributed by atoms with Crippen molar-refractivity contribution in [3.63, 3.8) is 0 Å². The van der Waals surface area contributed by atoms with Crippen LogP contribution in [0.3, 0.4) is 0 Å². The van der Waals surface area contributed by atoms with E-state index in [1.807, 2.05) is 0 Å². The minimum Gasteiger partial charge on any atom is -0.444 e. The van der Waals surface area contributed by atoms with Crippen LogP contribution in [-0.2, 0) is 0 Å². The highest BCUT2D eigenvalue weighted by Gasteiger charge is 2.02. The van der Waals surface area contributed by atoms with Gasteiger partial charge in [0, 0.05) is 5.56 Å². The molecule has 2 nitrogen and oxygen atoms in total. The van der Waals surface area contributed by atoms with E-state index in [4.69, 9.17) is 4.42 Å². The lowest BCUT2D eigenvalue weighted by Crippen LogP contribution is -1.79. The van der Waals surface area contributed by atoms with Crippen molar-refractivity contribution in [3.8, 4) is 22.5 Å². The summed E-state index contributed by atoms with van der Waals surface area (Å²) >= 11 is 0. The molecular formula is C16H13NO. The van der Waals surface area contributed by atoms with E-state index in [9.17, 15) is 0 Å². The van der Waals surface area contributed by atoms with E-state index in [0.29, 0.717) is 0 Å². The molecule has 0 bridgehead atoms. The Kier molecular flexibility index (Phi) is 2.69. The molecule has 0 atom stereocenters. The van der Waals surface area contributed by atoms with Crippen LogP contribution in [0.2, 0.25) is 0 Å². The van der Waals surface area contributed by atoms with Crippen LogP contribution in [0.1, 0.15) is 5.56 Å². The van der Waals surface area contributed by atoms with Gasteiger partial charge in [0.1, 0.15) is 0 Å². The average molecular weight is 235 g/mol. The second-order valence-corrected chi connectivity index (χ2v) is 4.31. The van der Waals surface area contributed by atoms with Crippen LogP contribution in [0.5, 0.6) is 0 Å². The molecule has 2 aromatic carbocycles. The predicted molar refractivity (Wildman–Crippen MR) is 72.1 cm³/mol. The standard InChI is InChI=1S/C16H13NO/c1-12-2-4-13(5-3-12)14-6-8-15(9-7-14)16-10-17-11-18-16/h2-11H,1H3. The third-order valence-corrected chi connectivity index (χ3v) is 2.99. The lowest BCUT2D eigenvalue weighted by Gasteiger charge is -2.03. The number of oxazole rings is 1. The first-order chi connectivity index (χ1) is 8.83. The lowest BCUT2D eigenvalue weighted by molar-refractivity contribution is 0.572. The van der Waals surface area contributed by atoms with Crippen LogP contribution in [0.4, 0.5) is 0 Å². The summed E-state index contributed by atoms with van der Waals surface area (Å²) in [4.78, 5) is 3.92. The number of aryl methyl sites for hydroxylation is 1. The van der Waals surface area contributed by atoms with Gasteiger partial charge in [0.2, 0.25) is 0 Å². The second-order valence-electron chi connectivity index (χ2n) is 4.31. The van der Waals surface area contributed by atoms with E-state index >= 15 is 0 Å². The van der Waals surface area contributed by atoms with Gasteiger partial charge in [-0.25, -0.2) is 4.98 Å². The minimum atomic E-state index is 0.797. The van der Waals surface area contributed by atoms with E-state index in [2.05, 4.69) is 60.4 Å². The molecule has 0 aliphatic rings. The molecule has 0 radical (unpaired) electrons. The zero-order chi connectivity index (χ0) is 12.4. The minimum absolute atomic E-state index is 0.797. The van der Waals surface area contributed by atoms with Crippen LogP contribution < -0.4 is 0 Å². The van der Waals surface area contributed by atoms with Gasteiger partial charge < -0.3 is 4.42 Å². The molecule has 2 heteroatoms. The topological polar surface area (TPSA) is 26.0 Å². The first kappa shape index (κ1) is 10.8. The molecule has 88 valence electrons. The van der Waals surface area contributed by atoms with Crippen molar-refractivity contribution in [3.05, 3.63) is 66.7 Å². The number of benzene rings is 2. The maximum absolute atomic E-state index is 5.27. The summed E-state index contributed by atoms with van der Waals surface area (Å²) in [6.07, 6.45) is 3.17. The van der Waals surface area contributed by atoms with E-state index in [0.717, 1.165) is 11.3 Å². The molecule has 0 fully saturated rings. The first-order valence-electron chi connectivity index (χ1n) is 5.89. The summed E-state index contributed by atoms with van der Waals surface area (Å²) in [6, 6.07) is 16.8. The van der Waals surface area contributed by atoms with Gasteiger partial charge in [-0.15, -0.1) is 0 Å². The predicted octanol–water partition coefficient (Wildman–Crippen LogP) is 4.32. The Bertz CT molecular complexity index is 622. The first-order valence-corrected chi connectivity index (χ1v) is 5.89. The number of hydrogen-bond donors (Lipinski definition) is 0. The highest BCUT2D eigenvalue weighted by molar-refractivity contribution is 5.68. The highest BCUT2D eigenvalue weighted by atomic mass is 16.3. The van der Waals surface area contributed by atoms with E-state index < -0.39 is 0 Å². The van der Waals surface area contributed by atoms with Crippen molar-refractivity contribution in [2.45, 2.75) is 6.92 Å². The van der Waals surface area contributed by atoms with Crippen LogP contribution in [0, 0.1) is 6.92 Å². The lowest BCUT2D eigenvalue weighted by atomic mass is 10.0. The van der Waals surface area contributed by atoms with Gasteiger partial charge >= 0.3 is 0 Å². The molecule has 3 aromatic rings. The number of aromatic nitrogens is 1. The molecule has 0 aliphatic heterocycles. The molecule has 0 spiro atoms. The summed E-state index contributed by atoms with van der Waals surface area (Å²) < 4.78 is 5.27. The Morgan fingerprint density at radius 2 is 1.33 bits per heavy atom. The largest absolute Gasteiger partial charge is 0.444 e. The van der Waals surface area contributed by atoms with E-state index in [-0.39, 0.29) is 0 Å². The maximum Gasteiger partial charge on any atom is 0.181 e. The van der Waals surface area contributed by atoms with Crippen LogP contribution in [0.25, 0.3) is 22.5 Å². The third-order valence-electron chi connectivity index (χ3n) is 2.99. The van der Waals surface area contributed by atoms with Gasteiger partial charge in [-0.2, -0.15) is 0 Å². The Morgan fingerprint density at radius 3 is 1.89 bits per heavy atom. The molecule has 0 saturated carbocycles. The molecule has 0 unspecified atom stereocenters. The average Bonchev–Trinajstić information content (AvgIpc) is 2.94. The van der Waals surface area contributed by atoms with Crippen LogP contribution in [0.15, 0.2) is 65.5 Å². The zero-order valence-corrected chi connectivity index (χ0v) is 10.1. The molecule has 3 rings (SSSR count).